The third-order valence-electron chi connectivity index (χ3n) is 3.91. The second-order valence-corrected chi connectivity index (χ2v) is 6.85. The van der Waals surface area contributed by atoms with Crippen molar-refractivity contribution < 1.29 is 9.53 Å². The molecule has 7 nitrogen and oxygen atoms in total. The SMILES string of the molecule is CCOc1ccc(-n2nnnc2SCC(=O)Nc2c(C)cccc2C)cc1. The van der Waals surface area contributed by atoms with Crippen molar-refractivity contribution >= 4 is 23.4 Å². The van der Waals surface area contributed by atoms with Gasteiger partial charge in [-0.15, -0.1) is 5.10 Å². The monoisotopic (exact) mass is 383 g/mol. The summed E-state index contributed by atoms with van der Waals surface area (Å²) in [5.41, 5.74) is 3.73. The van der Waals surface area contributed by atoms with Crippen molar-refractivity contribution in [1.29, 1.82) is 0 Å². The molecule has 0 unspecified atom stereocenters. The van der Waals surface area contributed by atoms with Gasteiger partial charge in [-0.1, -0.05) is 30.0 Å². The van der Waals surface area contributed by atoms with Gasteiger partial charge in [0.15, 0.2) is 0 Å². The smallest absolute Gasteiger partial charge is 0.234 e. The summed E-state index contributed by atoms with van der Waals surface area (Å²) in [7, 11) is 0. The lowest BCUT2D eigenvalue weighted by atomic mass is 10.1. The number of para-hydroxylation sites is 1. The summed E-state index contributed by atoms with van der Waals surface area (Å²) in [5.74, 6) is 0.903. The van der Waals surface area contributed by atoms with E-state index in [0.717, 1.165) is 28.3 Å². The highest BCUT2D eigenvalue weighted by Crippen LogP contribution is 2.22. The zero-order valence-corrected chi connectivity index (χ0v) is 16.3. The maximum absolute atomic E-state index is 12.4. The summed E-state index contributed by atoms with van der Waals surface area (Å²) < 4.78 is 7.05. The Morgan fingerprint density at radius 2 is 1.85 bits per heavy atom. The average molecular weight is 383 g/mol. The number of ether oxygens (including phenoxy) is 1. The molecule has 0 aliphatic carbocycles. The zero-order valence-electron chi connectivity index (χ0n) is 15.5. The normalized spacial score (nSPS) is 10.6. The van der Waals surface area contributed by atoms with E-state index in [2.05, 4.69) is 20.8 Å². The Balaban J connectivity index is 1.65. The van der Waals surface area contributed by atoms with Gasteiger partial charge in [-0.3, -0.25) is 4.79 Å². The first-order chi connectivity index (χ1) is 13.1. The van der Waals surface area contributed by atoms with Gasteiger partial charge in [0.05, 0.1) is 18.0 Å². The van der Waals surface area contributed by atoms with Gasteiger partial charge in [0.1, 0.15) is 5.75 Å². The Labute approximate surface area is 162 Å². The number of carbonyl (C=O) groups is 1. The van der Waals surface area contributed by atoms with Crippen LogP contribution in [0.1, 0.15) is 18.1 Å². The van der Waals surface area contributed by atoms with E-state index >= 15 is 0 Å². The van der Waals surface area contributed by atoms with Crippen LogP contribution in [0.15, 0.2) is 47.6 Å². The molecule has 2 aromatic carbocycles. The third kappa shape index (κ3) is 4.65. The van der Waals surface area contributed by atoms with Crippen LogP contribution in [0, 0.1) is 13.8 Å². The lowest BCUT2D eigenvalue weighted by Crippen LogP contribution is -2.16. The van der Waals surface area contributed by atoms with E-state index in [4.69, 9.17) is 4.74 Å². The molecule has 0 spiro atoms. The van der Waals surface area contributed by atoms with E-state index in [1.165, 1.54) is 11.8 Å². The quantitative estimate of drug-likeness (QED) is 0.630. The van der Waals surface area contributed by atoms with Crippen LogP contribution < -0.4 is 10.1 Å². The highest BCUT2D eigenvalue weighted by atomic mass is 32.2. The number of aryl methyl sites for hydroxylation is 2. The Morgan fingerprint density at radius 3 is 2.52 bits per heavy atom. The van der Waals surface area contributed by atoms with Crippen molar-refractivity contribution in [3.63, 3.8) is 0 Å². The second-order valence-electron chi connectivity index (χ2n) is 5.90. The maximum atomic E-state index is 12.4. The van der Waals surface area contributed by atoms with Crippen LogP contribution in [-0.4, -0.2) is 38.5 Å². The molecule has 1 amide bonds. The van der Waals surface area contributed by atoms with E-state index < -0.39 is 0 Å². The van der Waals surface area contributed by atoms with E-state index in [0.29, 0.717) is 11.8 Å². The average Bonchev–Trinajstić information content (AvgIpc) is 3.13. The molecule has 140 valence electrons. The molecule has 3 rings (SSSR count). The minimum atomic E-state index is -0.0985. The minimum Gasteiger partial charge on any atom is -0.494 e. The van der Waals surface area contributed by atoms with E-state index in [9.17, 15) is 4.79 Å². The minimum absolute atomic E-state index is 0.0985. The standard InChI is InChI=1S/C19H21N5O2S/c1-4-26-16-10-8-15(9-11-16)24-19(21-22-23-24)27-12-17(25)20-18-13(2)6-5-7-14(18)3/h5-11H,4,12H2,1-3H3,(H,20,25). The number of nitrogens with zero attached hydrogens (tertiary/aromatic N) is 4. The first-order valence-electron chi connectivity index (χ1n) is 8.59. The van der Waals surface area contributed by atoms with Crippen LogP contribution in [0.2, 0.25) is 0 Å². The molecule has 0 bridgehead atoms. The lowest BCUT2D eigenvalue weighted by molar-refractivity contribution is -0.113. The van der Waals surface area contributed by atoms with E-state index in [1.54, 1.807) is 4.68 Å². The molecule has 1 heterocycles. The molecule has 0 radical (unpaired) electrons. The van der Waals surface area contributed by atoms with Crippen LogP contribution in [0.3, 0.4) is 0 Å². The number of rotatable bonds is 7. The number of nitrogens with one attached hydrogen (secondary N) is 1. The molecule has 0 saturated carbocycles. The van der Waals surface area contributed by atoms with Crippen molar-refractivity contribution in [3.05, 3.63) is 53.6 Å². The fourth-order valence-corrected chi connectivity index (χ4v) is 3.29. The van der Waals surface area contributed by atoms with Gasteiger partial charge in [-0.25, -0.2) is 0 Å². The van der Waals surface area contributed by atoms with Crippen molar-refractivity contribution in [3.8, 4) is 11.4 Å². The number of hydrogen-bond acceptors (Lipinski definition) is 6. The number of thioether (sulfide) groups is 1. The Kier molecular flexibility index (Phi) is 6.08. The van der Waals surface area contributed by atoms with E-state index in [-0.39, 0.29) is 11.7 Å². The molecule has 27 heavy (non-hydrogen) atoms. The number of tetrazole rings is 1. The van der Waals surface area contributed by atoms with Crippen molar-refractivity contribution in [2.24, 2.45) is 0 Å². The van der Waals surface area contributed by atoms with Crippen LogP contribution in [0.25, 0.3) is 5.69 Å². The molecule has 0 aliphatic heterocycles. The number of aromatic nitrogens is 4. The van der Waals surface area contributed by atoms with Crippen molar-refractivity contribution in [1.82, 2.24) is 20.2 Å². The number of benzene rings is 2. The van der Waals surface area contributed by atoms with Crippen molar-refractivity contribution in [2.45, 2.75) is 25.9 Å². The third-order valence-corrected chi connectivity index (χ3v) is 4.83. The Bertz CT molecular complexity index is 904. The number of anilines is 1. The topological polar surface area (TPSA) is 81.9 Å². The molecule has 0 saturated heterocycles. The molecule has 3 aromatic rings. The fourth-order valence-electron chi connectivity index (χ4n) is 2.60. The van der Waals surface area contributed by atoms with Crippen molar-refractivity contribution in [2.75, 3.05) is 17.7 Å². The summed E-state index contributed by atoms with van der Waals surface area (Å²) in [6.07, 6.45) is 0. The van der Waals surface area contributed by atoms with E-state index in [1.807, 2.05) is 63.2 Å². The predicted molar refractivity (Wildman–Crippen MR) is 106 cm³/mol. The molecule has 1 aromatic heterocycles. The highest BCUT2D eigenvalue weighted by Gasteiger charge is 2.13. The summed E-state index contributed by atoms with van der Waals surface area (Å²) in [6.45, 7) is 6.50. The highest BCUT2D eigenvalue weighted by molar-refractivity contribution is 7.99. The first-order valence-corrected chi connectivity index (χ1v) is 9.57. The molecule has 0 aliphatic rings. The molecular formula is C19H21N5O2S. The summed E-state index contributed by atoms with van der Waals surface area (Å²) in [6, 6.07) is 13.4. The summed E-state index contributed by atoms with van der Waals surface area (Å²) >= 11 is 1.29. The molecular weight excluding hydrogens is 362 g/mol. The predicted octanol–water partition coefficient (Wildman–Crippen LogP) is 3.41. The van der Waals surface area contributed by atoms with Crippen LogP contribution in [0.5, 0.6) is 5.75 Å². The molecule has 0 atom stereocenters. The lowest BCUT2D eigenvalue weighted by Gasteiger charge is -2.11. The van der Waals surface area contributed by atoms with Crippen LogP contribution in [-0.2, 0) is 4.79 Å². The first kappa shape index (κ1) is 18.9. The number of carbonyl (C=O) groups excluding carboxylic acids is 1. The fraction of sp³-hybridized carbons (Fsp3) is 0.263. The van der Waals surface area contributed by atoms with Crippen LogP contribution >= 0.6 is 11.8 Å². The Morgan fingerprint density at radius 1 is 1.15 bits per heavy atom. The number of hydrogen-bond donors (Lipinski definition) is 1. The van der Waals surface area contributed by atoms with Gasteiger partial charge in [-0.2, -0.15) is 4.68 Å². The summed E-state index contributed by atoms with van der Waals surface area (Å²) in [5, 5.41) is 15.3. The molecule has 8 heteroatoms. The maximum Gasteiger partial charge on any atom is 0.234 e. The van der Waals surface area contributed by atoms with Gasteiger partial charge in [0.25, 0.3) is 0 Å². The zero-order chi connectivity index (χ0) is 19.2. The summed E-state index contributed by atoms with van der Waals surface area (Å²) in [4.78, 5) is 12.4. The van der Waals surface area contributed by atoms with Gasteiger partial charge < -0.3 is 10.1 Å². The van der Waals surface area contributed by atoms with Crippen LogP contribution in [0.4, 0.5) is 5.69 Å². The largest absolute Gasteiger partial charge is 0.494 e. The second kappa shape index (κ2) is 8.68. The molecule has 0 fully saturated rings. The van der Waals surface area contributed by atoms with Gasteiger partial charge in [0.2, 0.25) is 11.1 Å². The van der Waals surface area contributed by atoms with Gasteiger partial charge >= 0.3 is 0 Å². The Hall–Kier alpha value is -2.87. The van der Waals surface area contributed by atoms with Gasteiger partial charge in [0, 0.05) is 5.69 Å². The van der Waals surface area contributed by atoms with Gasteiger partial charge in [-0.05, 0) is 66.6 Å². The molecule has 1 N–H and O–H groups in total. The number of amides is 1.